The largest absolute Gasteiger partial charge is 0.334 e. The van der Waals surface area contributed by atoms with Gasteiger partial charge in [-0.15, -0.1) is 4.99 Å². The van der Waals surface area contributed by atoms with Crippen molar-refractivity contribution in [1.29, 1.82) is 5.26 Å². The lowest BCUT2D eigenvalue weighted by molar-refractivity contribution is 1.21. The number of nitrogens with zero attached hydrogens (tertiary/aromatic N) is 2. The molecular formula is C17H17N3S2. The van der Waals surface area contributed by atoms with Gasteiger partial charge in [-0.05, 0) is 55.5 Å². The quantitative estimate of drug-likeness (QED) is 0.486. The van der Waals surface area contributed by atoms with Crippen molar-refractivity contribution in [2.75, 3.05) is 11.6 Å². The first-order valence-electron chi connectivity index (χ1n) is 6.76. The molecule has 2 aromatic rings. The summed E-state index contributed by atoms with van der Waals surface area (Å²) in [5.74, 6) is 0. The van der Waals surface area contributed by atoms with Crippen LogP contribution in [0.5, 0.6) is 0 Å². The average Bonchev–Trinajstić information content (AvgIpc) is 2.51. The summed E-state index contributed by atoms with van der Waals surface area (Å²) in [6, 6.07) is 14.5. The van der Waals surface area contributed by atoms with E-state index in [2.05, 4.69) is 48.4 Å². The predicted molar refractivity (Wildman–Crippen MR) is 96.7 cm³/mol. The summed E-state index contributed by atoms with van der Waals surface area (Å²) < 4.78 is 0. The molecule has 0 bridgehead atoms. The second-order valence-corrected chi connectivity index (χ2v) is 6.58. The van der Waals surface area contributed by atoms with Gasteiger partial charge < -0.3 is 5.32 Å². The van der Waals surface area contributed by atoms with Crippen LogP contribution < -0.4 is 5.32 Å². The third-order valence-electron chi connectivity index (χ3n) is 3.02. The molecule has 0 heterocycles. The minimum Gasteiger partial charge on any atom is -0.334 e. The first-order chi connectivity index (χ1) is 10.6. The molecule has 3 nitrogen and oxygen atoms in total. The maximum Gasteiger partial charge on any atom is 0.208 e. The Labute approximate surface area is 139 Å². The van der Waals surface area contributed by atoms with Crippen LogP contribution in [-0.4, -0.2) is 11.4 Å². The van der Waals surface area contributed by atoms with Gasteiger partial charge in [-0.25, -0.2) is 0 Å². The molecule has 0 aromatic heterocycles. The van der Waals surface area contributed by atoms with Crippen LogP contribution in [0.4, 0.5) is 5.69 Å². The summed E-state index contributed by atoms with van der Waals surface area (Å²) in [7, 11) is 0. The van der Waals surface area contributed by atoms with Gasteiger partial charge in [-0.3, -0.25) is 0 Å². The second kappa shape index (κ2) is 7.92. The van der Waals surface area contributed by atoms with Crippen molar-refractivity contribution in [3.05, 3.63) is 53.6 Å². The Bertz CT molecular complexity index is 695. The van der Waals surface area contributed by atoms with Crippen molar-refractivity contribution in [1.82, 2.24) is 0 Å². The number of benzene rings is 2. The Kier molecular flexibility index (Phi) is 5.93. The van der Waals surface area contributed by atoms with Crippen LogP contribution in [0.3, 0.4) is 0 Å². The van der Waals surface area contributed by atoms with E-state index in [9.17, 15) is 0 Å². The Morgan fingerprint density at radius 2 is 1.77 bits per heavy atom. The molecule has 2 aromatic carbocycles. The van der Waals surface area contributed by atoms with Crippen molar-refractivity contribution < 1.29 is 0 Å². The lowest BCUT2D eigenvalue weighted by atomic mass is 10.1. The van der Waals surface area contributed by atoms with Crippen LogP contribution in [0.2, 0.25) is 0 Å². The van der Waals surface area contributed by atoms with E-state index in [0.717, 1.165) is 5.69 Å². The highest BCUT2D eigenvalue weighted by Crippen LogP contribution is 2.34. The van der Waals surface area contributed by atoms with Gasteiger partial charge in [-0.1, -0.05) is 41.7 Å². The van der Waals surface area contributed by atoms with Gasteiger partial charge in [0.15, 0.2) is 5.17 Å². The van der Waals surface area contributed by atoms with Crippen LogP contribution in [0.25, 0.3) is 0 Å². The van der Waals surface area contributed by atoms with Gasteiger partial charge in [0.2, 0.25) is 6.19 Å². The van der Waals surface area contributed by atoms with Crippen LogP contribution in [0.15, 0.2) is 57.2 Å². The van der Waals surface area contributed by atoms with Gasteiger partial charge >= 0.3 is 0 Å². The number of thioether (sulfide) groups is 1. The van der Waals surface area contributed by atoms with E-state index < -0.39 is 0 Å². The molecule has 0 atom stereocenters. The van der Waals surface area contributed by atoms with Crippen LogP contribution in [0, 0.1) is 25.3 Å². The highest BCUT2D eigenvalue weighted by Gasteiger charge is 2.08. The fourth-order valence-corrected chi connectivity index (χ4v) is 3.40. The molecule has 0 saturated heterocycles. The fraction of sp³-hybridized carbons (Fsp3) is 0.176. The highest BCUT2D eigenvalue weighted by molar-refractivity contribution is 8.13. The number of nitriles is 1. The third-order valence-corrected chi connectivity index (χ3v) is 4.96. The molecule has 1 N–H and O–H groups in total. The van der Waals surface area contributed by atoms with Crippen LogP contribution in [-0.2, 0) is 0 Å². The normalized spacial score (nSPS) is 11.1. The summed E-state index contributed by atoms with van der Waals surface area (Å²) in [4.78, 5) is 6.25. The number of amidine groups is 1. The minimum atomic E-state index is 0.602. The van der Waals surface area contributed by atoms with Crippen molar-refractivity contribution in [2.45, 2.75) is 23.6 Å². The summed E-state index contributed by atoms with van der Waals surface area (Å²) in [6.45, 7) is 4.20. The molecule has 22 heavy (non-hydrogen) atoms. The molecule has 0 spiro atoms. The first-order valence-corrected chi connectivity index (χ1v) is 8.80. The minimum absolute atomic E-state index is 0.602. The van der Waals surface area contributed by atoms with Crippen molar-refractivity contribution in [3.63, 3.8) is 0 Å². The predicted octanol–water partition coefficient (Wildman–Crippen LogP) is 5.07. The molecule has 0 unspecified atom stereocenters. The van der Waals surface area contributed by atoms with Gasteiger partial charge in [0, 0.05) is 15.5 Å². The molecule has 2 rings (SSSR count). The maximum atomic E-state index is 8.67. The number of anilines is 1. The molecule has 5 heteroatoms. The number of aryl methyl sites for hydroxylation is 2. The highest BCUT2D eigenvalue weighted by atomic mass is 32.2. The number of hydrogen-bond donors (Lipinski definition) is 1. The molecule has 112 valence electrons. The topological polar surface area (TPSA) is 48.2 Å². The van der Waals surface area contributed by atoms with Gasteiger partial charge in [0.1, 0.15) is 0 Å². The second-order valence-electron chi connectivity index (χ2n) is 4.70. The number of aliphatic imine (C=N–C) groups is 1. The van der Waals surface area contributed by atoms with Crippen molar-refractivity contribution in [3.8, 4) is 6.19 Å². The summed E-state index contributed by atoms with van der Waals surface area (Å²) in [5.41, 5.74) is 3.36. The van der Waals surface area contributed by atoms with Crippen molar-refractivity contribution >= 4 is 34.4 Å². The molecule has 0 radical (unpaired) electrons. The number of hydrogen-bond acceptors (Lipinski definition) is 4. The van der Waals surface area contributed by atoms with Crippen LogP contribution >= 0.6 is 23.5 Å². The average molecular weight is 327 g/mol. The summed E-state index contributed by atoms with van der Waals surface area (Å²) >= 11 is 3.19. The van der Waals surface area contributed by atoms with E-state index >= 15 is 0 Å². The van der Waals surface area contributed by atoms with Crippen molar-refractivity contribution in [2.24, 2.45) is 4.99 Å². The van der Waals surface area contributed by atoms with E-state index in [1.54, 1.807) is 11.8 Å². The van der Waals surface area contributed by atoms with Gasteiger partial charge in [0.25, 0.3) is 0 Å². The Hall–Kier alpha value is -1.90. The lowest BCUT2D eigenvalue weighted by Crippen LogP contribution is -2.07. The Morgan fingerprint density at radius 3 is 2.32 bits per heavy atom. The zero-order chi connectivity index (χ0) is 15.9. The Balaban J connectivity index is 2.25. The van der Waals surface area contributed by atoms with Gasteiger partial charge in [0.05, 0.1) is 0 Å². The Morgan fingerprint density at radius 1 is 1.14 bits per heavy atom. The summed E-state index contributed by atoms with van der Waals surface area (Å²) in [6.07, 6.45) is 3.70. The zero-order valence-electron chi connectivity index (χ0n) is 12.8. The molecule has 0 aliphatic rings. The number of rotatable bonds is 3. The monoisotopic (exact) mass is 327 g/mol. The molecular weight excluding hydrogens is 310 g/mol. The molecule has 0 saturated carbocycles. The molecule has 0 fully saturated rings. The first kappa shape index (κ1) is 16.5. The molecule has 0 amide bonds. The van der Waals surface area contributed by atoms with Crippen LogP contribution in [0.1, 0.15) is 11.1 Å². The lowest BCUT2D eigenvalue weighted by Gasteiger charge is -2.13. The molecule has 0 aliphatic carbocycles. The fourth-order valence-electron chi connectivity index (χ4n) is 2.08. The standard InChI is InChI=1S/C17H17N3S2/c1-12-9-14(20-17(21-3)19-11-18)10-13(2)16(12)22-15-7-5-4-6-8-15/h4-10H,1-3H3,(H,19,20). The third kappa shape index (κ3) is 4.30. The van der Waals surface area contributed by atoms with E-state index in [4.69, 9.17) is 5.26 Å². The van der Waals surface area contributed by atoms with E-state index in [-0.39, 0.29) is 0 Å². The SMILES string of the molecule is CS/C(=N\C#N)Nc1cc(C)c(Sc2ccccc2)c(C)c1. The number of nitrogens with one attached hydrogen (secondary N) is 1. The zero-order valence-corrected chi connectivity index (χ0v) is 14.4. The van der Waals surface area contributed by atoms with E-state index in [1.165, 1.54) is 32.7 Å². The molecule has 0 aliphatic heterocycles. The maximum absolute atomic E-state index is 8.67. The van der Waals surface area contributed by atoms with E-state index in [1.807, 2.05) is 30.6 Å². The summed E-state index contributed by atoms with van der Waals surface area (Å²) in [5, 5.41) is 12.5. The smallest absolute Gasteiger partial charge is 0.208 e. The van der Waals surface area contributed by atoms with Gasteiger partial charge in [-0.2, -0.15) is 5.26 Å². The van der Waals surface area contributed by atoms with E-state index in [0.29, 0.717) is 5.17 Å².